The summed E-state index contributed by atoms with van der Waals surface area (Å²) < 4.78 is 5.15. The normalized spacial score (nSPS) is 11.3. The molecule has 9 heteroatoms. The molecule has 0 bridgehead atoms. The number of nitrogens with one attached hydrogen (secondary N) is 1. The smallest absolute Gasteiger partial charge is 0.306 e. The molecule has 2 aromatic carbocycles. The molecule has 1 N–H and O–H groups in total. The SMILES string of the molecule is O=c1[nH]c2ccccc2n1CCCSc1nn(-c2ccc(Cl)cc2)c(=S)s1. The predicted molar refractivity (Wildman–Crippen MR) is 115 cm³/mol. The van der Waals surface area contributed by atoms with Crippen molar-refractivity contribution < 1.29 is 0 Å². The van der Waals surface area contributed by atoms with Crippen LogP contribution >= 0.6 is 46.9 Å². The van der Waals surface area contributed by atoms with Crippen LogP contribution in [0, 0.1) is 3.95 Å². The minimum atomic E-state index is -0.0659. The molecule has 0 amide bonds. The third kappa shape index (κ3) is 4.03. The van der Waals surface area contributed by atoms with E-state index in [-0.39, 0.29) is 5.69 Å². The summed E-state index contributed by atoms with van der Waals surface area (Å²) in [5.74, 6) is 0.856. The molecule has 0 aliphatic heterocycles. The van der Waals surface area contributed by atoms with Crippen molar-refractivity contribution in [3.8, 4) is 5.69 Å². The van der Waals surface area contributed by atoms with Crippen molar-refractivity contribution in [3.63, 3.8) is 0 Å². The van der Waals surface area contributed by atoms with Crippen LogP contribution in [0.5, 0.6) is 0 Å². The van der Waals surface area contributed by atoms with E-state index in [4.69, 9.17) is 23.8 Å². The van der Waals surface area contributed by atoms with Gasteiger partial charge in [0, 0.05) is 17.3 Å². The number of aromatic amines is 1. The maximum Gasteiger partial charge on any atom is 0.326 e. The molecular weight excluding hydrogens is 420 g/mol. The molecule has 0 spiro atoms. The Morgan fingerprint density at radius 3 is 2.78 bits per heavy atom. The lowest BCUT2D eigenvalue weighted by Crippen LogP contribution is -2.17. The van der Waals surface area contributed by atoms with Crippen molar-refractivity contribution in [2.24, 2.45) is 0 Å². The Bertz CT molecular complexity index is 1190. The van der Waals surface area contributed by atoms with Gasteiger partial charge in [0.15, 0.2) is 8.29 Å². The van der Waals surface area contributed by atoms with Crippen LogP contribution in [-0.2, 0) is 6.54 Å². The van der Waals surface area contributed by atoms with E-state index in [0.29, 0.717) is 15.5 Å². The van der Waals surface area contributed by atoms with Gasteiger partial charge in [-0.15, -0.1) is 5.10 Å². The summed E-state index contributed by atoms with van der Waals surface area (Å²) in [6, 6.07) is 15.2. The van der Waals surface area contributed by atoms with Gasteiger partial charge in [-0.05, 0) is 55.0 Å². The van der Waals surface area contributed by atoms with Gasteiger partial charge in [0.1, 0.15) is 0 Å². The number of imidazole rings is 1. The second-order valence-electron chi connectivity index (χ2n) is 5.82. The van der Waals surface area contributed by atoms with E-state index < -0.39 is 0 Å². The van der Waals surface area contributed by atoms with Crippen molar-refractivity contribution in [3.05, 3.63) is 68.0 Å². The quantitative estimate of drug-likeness (QED) is 0.259. The number of hydrogen-bond donors (Lipinski definition) is 1. The standard InChI is InChI=1S/C18H15ClN4OS3/c19-12-6-8-13(9-7-12)23-18(25)27-17(21-23)26-11-3-10-22-15-5-2-1-4-14(15)20-16(22)24/h1-2,4-9H,3,10-11H2,(H,20,24). The Balaban J connectivity index is 1.40. The Morgan fingerprint density at radius 2 is 1.96 bits per heavy atom. The highest BCUT2D eigenvalue weighted by Crippen LogP contribution is 2.25. The summed E-state index contributed by atoms with van der Waals surface area (Å²) in [5.41, 5.74) is 2.65. The molecule has 2 aromatic heterocycles. The minimum absolute atomic E-state index is 0.0659. The summed E-state index contributed by atoms with van der Waals surface area (Å²) in [6.07, 6.45) is 0.861. The topological polar surface area (TPSA) is 55.6 Å². The van der Waals surface area contributed by atoms with Gasteiger partial charge in [0.25, 0.3) is 0 Å². The zero-order chi connectivity index (χ0) is 18.8. The molecule has 5 nitrogen and oxygen atoms in total. The third-order valence-electron chi connectivity index (χ3n) is 4.03. The first-order valence-electron chi connectivity index (χ1n) is 8.28. The Hall–Kier alpha value is -1.87. The molecule has 0 atom stereocenters. The Morgan fingerprint density at radius 1 is 1.19 bits per heavy atom. The van der Waals surface area contributed by atoms with E-state index >= 15 is 0 Å². The summed E-state index contributed by atoms with van der Waals surface area (Å²) in [7, 11) is 0. The number of hydrogen-bond acceptors (Lipinski definition) is 5. The average molecular weight is 435 g/mol. The fourth-order valence-corrected chi connectivity index (χ4v) is 5.26. The van der Waals surface area contributed by atoms with Gasteiger partial charge in [-0.2, -0.15) is 0 Å². The Labute approximate surface area is 173 Å². The lowest BCUT2D eigenvalue weighted by molar-refractivity contribution is 0.679. The number of H-pyrrole nitrogens is 1. The molecule has 0 radical (unpaired) electrons. The second kappa shape index (κ2) is 8.02. The molecule has 0 aliphatic carbocycles. The molecular formula is C18H15ClN4OS3. The van der Waals surface area contributed by atoms with Gasteiger partial charge in [0.05, 0.1) is 16.7 Å². The van der Waals surface area contributed by atoms with Crippen molar-refractivity contribution in [1.82, 2.24) is 19.3 Å². The number of nitrogens with zero attached hydrogens (tertiary/aromatic N) is 3. The number of aryl methyl sites for hydroxylation is 1. The molecule has 0 aliphatic rings. The summed E-state index contributed by atoms with van der Waals surface area (Å²) >= 11 is 14.5. The number of thioether (sulfide) groups is 1. The van der Waals surface area contributed by atoms with E-state index in [2.05, 4.69) is 10.1 Å². The zero-order valence-corrected chi connectivity index (χ0v) is 17.3. The van der Waals surface area contributed by atoms with Gasteiger partial charge in [-0.3, -0.25) is 4.57 Å². The fraction of sp³-hybridized carbons (Fsp3) is 0.167. The van der Waals surface area contributed by atoms with Crippen LogP contribution in [0.3, 0.4) is 0 Å². The van der Waals surface area contributed by atoms with E-state index in [0.717, 1.165) is 33.2 Å². The largest absolute Gasteiger partial charge is 0.326 e. The number of benzene rings is 2. The van der Waals surface area contributed by atoms with Gasteiger partial charge in [0.2, 0.25) is 0 Å². The van der Waals surface area contributed by atoms with Gasteiger partial charge >= 0.3 is 5.69 Å². The minimum Gasteiger partial charge on any atom is -0.306 e. The molecule has 0 saturated heterocycles. The lowest BCUT2D eigenvalue weighted by Gasteiger charge is -2.02. The van der Waals surface area contributed by atoms with Crippen LogP contribution in [0.2, 0.25) is 5.02 Å². The number of fused-ring (bicyclic) bond motifs is 1. The zero-order valence-electron chi connectivity index (χ0n) is 14.1. The molecule has 4 rings (SSSR count). The number of aromatic nitrogens is 4. The molecule has 0 unspecified atom stereocenters. The third-order valence-corrected chi connectivity index (χ3v) is 6.74. The highest BCUT2D eigenvalue weighted by atomic mass is 35.5. The van der Waals surface area contributed by atoms with Crippen LogP contribution in [0.4, 0.5) is 0 Å². The number of para-hydroxylation sites is 2. The van der Waals surface area contributed by atoms with Crippen molar-refractivity contribution >= 4 is 58.0 Å². The highest BCUT2D eigenvalue weighted by molar-refractivity contribution is 8.01. The number of rotatable bonds is 6. The predicted octanol–water partition coefficient (Wildman–Crippen LogP) is 5.14. The van der Waals surface area contributed by atoms with Crippen molar-refractivity contribution in [1.29, 1.82) is 0 Å². The highest BCUT2D eigenvalue weighted by Gasteiger charge is 2.08. The lowest BCUT2D eigenvalue weighted by atomic mass is 10.3. The molecule has 138 valence electrons. The van der Waals surface area contributed by atoms with E-state index in [1.54, 1.807) is 21.0 Å². The van der Waals surface area contributed by atoms with E-state index in [1.807, 2.05) is 48.5 Å². The molecule has 4 aromatic rings. The first kappa shape index (κ1) is 18.5. The summed E-state index contributed by atoms with van der Waals surface area (Å²) in [4.78, 5) is 15.0. The van der Waals surface area contributed by atoms with Gasteiger partial charge in [-0.25, -0.2) is 9.48 Å². The van der Waals surface area contributed by atoms with Crippen molar-refractivity contribution in [2.75, 3.05) is 5.75 Å². The molecule has 2 heterocycles. The van der Waals surface area contributed by atoms with Gasteiger partial charge < -0.3 is 4.98 Å². The maximum atomic E-state index is 12.1. The van der Waals surface area contributed by atoms with Crippen LogP contribution in [0.25, 0.3) is 16.7 Å². The molecule has 27 heavy (non-hydrogen) atoms. The van der Waals surface area contributed by atoms with Crippen LogP contribution in [0.1, 0.15) is 6.42 Å². The summed E-state index contributed by atoms with van der Waals surface area (Å²) in [5, 5.41) is 5.27. The van der Waals surface area contributed by atoms with Crippen LogP contribution in [-0.4, -0.2) is 25.1 Å². The molecule has 0 saturated carbocycles. The fourth-order valence-electron chi connectivity index (χ4n) is 2.78. The van der Waals surface area contributed by atoms with E-state index in [1.165, 1.54) is 11.3 Å². The molecule has 0 fully saturated rings. The Kier molecular flexibility index (Phi) is 5.49. The van der Waals surface area contributed by atoms with E-state index in [9.17, 15) is 4.79 Å². The average Bonchev–Trinajstić information content (AvgIpc) is 3.19. The monoisotopic (exact) mass is 434 g/mol. The van der Waals surface area contributed by atoms with Gasteiger partial charge in [-0.1, -0.05) is 46.8 Å². The number of halogens is 1. The first-order chi connectivity index (χ1) is 13.1. The summed E-state index contributed by atoms with van der Waals surface area (Å²) in [6.45, 7) is 0.666. The van der Waals surface area contributed by atoms with Crippen LogP contribution in [0.15, 0.2) is 57.7 Å². The first-order valence-corrected chi connectivity index (χ1v) is 10.9. The van der Waals surface area contributed by atoms with Crippen molar-refractivity contribution in [2.45, 2.75) is 17.3 Å². The van der Waals surface area contributed by atoms with Crippen LogP contribution < -0.4 is 5.69 Å². The maximum absolute atomic E-state index is 12.1. The second-order valence-corrected chi connectivity index (χ2v) is 9.22.